The average molecular weight is 603 g/mol. The molecular formula is C30H27FN6O3S2. The van der Waals surface area contributed by atoms with Gasteiger partial charge in [0.25, 0.3) is 5.91 Å². The molecule has 5 rings (SSSR count). The molecule has 5 aromatic rings. The van der Waals surface area contributed by atoms with Crippen LogP contribution in [0.4, 0.5) is 27.3 Å². The zero-order valence-corrected chi connectivity index (χ0v) is 24.6. The Morgan fingerprint density at radius 1 is 0.929 bits per heavy atom. The Morgan fingerprint density at radius 2 is 1.71 bits per heavy atom. The summed E-state index contributed by atoms with van der Waals surface area (Å²) in [7, 11) is -3.40. The summed E-state index contributed by atoms with van der Waals surface area (Å²) in [4.78, 5) is 28.2. The van der Waals surface area contributed by atoms with Gasteiger partial charge in [-0.2, -0.15) is 0 Å². The highest BCUT2D eigenvalue weighted by Crippen LogP contribution is 2.37. The first-order valence-electron chi connectivity index (χ1n) is 12.9. The number of fused-ring (bicyclic) bond motifs is 1. The van der Waals surface area contributed by atoms with Gasteiger partial charge in [-0.15, -0.1) is 0 Å². The van der Waals surface area contributed by atoms with E-state index in [4.69, 9.17) is 0 Å². The first kappa shape index (κ1) is 29.0. The molecule has 3 aromatic carbocycles. The average Bonchev–Trinajstić information content (AvgIpc) is 2.94. The second kappa shape index (κ2) is 12.1. The fourth-order valence-electron chi connectivity index (χ4n) is 4.07. The maximum atomic E-state index is 13.7. The lowest BCUT2D eigenvalue weighted by atomic mass is 10.1. The van der Waals surface area contributed by atoms with Crippen LogP contribution in [-0.2, 0) is 10.0 Å². The Balaban J connectivity index is 1.50. The van der Waals surface area contributed by atoms with Crippen LogP contribution in [0.5, 0.6) is 0 Å². The van der Waals surface area contributed by atoms with E-state index in [-0.39, 0.29) is 5.92 Å². The number of nitrogens with zero attached hydrogens (tertiary/aromatic N) is 3. The predicted octanol–water partition coefficient (Wildman–Crippen LogP) is 6.81. The van der Waals surface area contributed by atoms with Crippen molar-refractivity contribution >= 4 is 61.6 Å². The van der Waals surface area contributed by atoms with Crippen molar-refractivity contribution in [2.45, 2.75) is 29.6 Å². The van der Waals surface area contributed by atoms with Gasteiger partial charge in [-0.3, -0.25) is 9.52 Å². The Kier molecular flexibility index (Phi) is 8.36. The van der Waals surface area contributed by atoms with Gasteiger partial charge in [0, 0.05) is 32.4 Å². The first-order valence-corrected chi connectivity index (χ1v) is 15.6. The Bertz CT molecular complexity index is 1880. The van der Waals surface area contributed by atoms with E-state index in [2.05, 4.69) is 44.2 Å². The highest BCUT2D eigenvalue weighted by Gasteiger charge is 2.15. The van der Waals surface area contributed by atoms with E-state index < -0.39 is 21.7 Å². The van der Waals surface area contributed by atoms with Gasteiger partial charge in [0.1, 0.15) is 18.0 Å². The van der Waals surface area contributed by atoms with E-state index >= 15 is 0 Å². The highest BCUT2D eigenvalue weighted by molar-refractivity contribution is 7.99. The Hall–Kier alpha value is -4.55. The second-order valence-electron chi connectivity index (χ2n) is 9.79. The van der Waals surface area contributed by atoms with Crippen LogP contribution in [0, 0.1) is 5.82 Å². The summed E-state index contributed by atoms with van der Waals surface area (Å²) in [6.07, 6.45) is 2.53. The van der Waals surface area contributed by atoms with Crippen LogP contribution in [0.2, 0.25) is 0 Å². The lowest BCUT2D eigenvalue weighted by Crippen LogP contribution is -2.12. The number of sulfonamides is 1. The number of anilines is 4. The van der Waals surface area contributed by atoms with Crippen LogP contribution < -0.4 is 15.4 Å². The number of hydrogen-bond acceptors (Lipinski definition) is 8. The SMILES string of the molecule is CC(C)c1ccc2c(Nc3cc(C(=O)Nc4cccc(F)c4)ccc3Sc3ccc(NS(C)(=O)=O)cc3)ncnc2n1. The van der Waals surface area contributed by atoms with Crippen molar-refractivity contribution in [3.63, 3.8) is 0 Å². The third kappa shape index (κ3) is 7.20. The molecule has 0 unspecified atom stereocenters. The number of carbonyl (C=O) groups excluding carboxylic acids is 1. The molecule has 42 heavy (non-hydrogen) atoms. The number of amides is 1. The smallest absolute Gasteiger partial charge is 0.255 e. The van der Waals surface area contributed by atoms with Gasteiger partial charge in [0.2, 0.25) is 10.0 Å². The summed E-state index contributed by atoms with van der Waals surface area (Å²) >= 11 is 1.42. The zero-order chi connectivity index (χ0) is 29.9. The molecule has 2 heterocycles. The molecule has 0 aliphatic heterocycles. The molecule has 0 radical (unpaired) electrons. The molecule has 9 nitrogen and oxygen atoms in total. The van der Waals surface area contributed by atoms with Crippen molar-refractivity contribution < 1.29 is 17.6 Å². The summed E-state index contributed by atoms with van der Waals surface area (Å²) in [5.74, 6) is -0.118. The van der Waals surface area contributed by atoms with Gasteiger partial charge in [-0.25, -0.2) is 27.8 Å². The summed E-state index contributed by atoms with van der Waals surface area (Å²) in [6, 6.07) is 21.6. The topological polar surface area (TPSA) is 126 Å². The van der Waals surface area contributed by atoms with Crippen LogP contribution in [0.3, 0.4) is 0 Å². The predicted molar refractivity (Wildman–Crippen MR) is 165 cm³/mol. The van der Waals surface area contributed by atoms with Crippen molar-refractivity contribution in [3.05, 3.63) is 102 Å². The monoisotopic (exact) mass is 602 g/mol. The number of rotatable bonds is 9. The number of aromatic nitrogens is 3. The fourth-order valence-corrected chi connectivity index (χ4v) is 5.51. The molecule has 214 valence electrons. The van der Waals surface area contributed by atoms with Gasteiger partial charge in [-0.1, -0.05) is 31.7 Å². The van der Waals surface area contributed by atoms with Crippen molar-refractivity contribution in [1.82, 2.24) is 15.0 Å². The number of nitrogens with one attached hydrogen (secondary N) is 3. The van der Waals surface area contributed by atoms with Crippen LogP contribution in [0.25, 0.3) is 11.0 Å². The fraction of sp³-hybridized carbons (Fsp3) is 0.133. The van der Waals surface area contributed by atoms with Gasteiger partial charge >= 0.3 is 0 Å². The van der Waals surface area contributed by atoms with Gasteiger partial charge in [-0.05, 0) is 78.7 Å². The van der Waals surface area contributed by atoms with E-state index in [1.807, 2.05) is 12.1 Å². The van der Waals surface area contributed by atoms with Crippen LogP contribution in [0.15, 0.2) is 95.0 Å². The lowest BCUT2D eigenvalue weighted by Gasteiger charge is -2.15. The molecule has 12 heteroatoms. The van der Waals surface area contributed by atoms with E-state index in [1.54, 1.807) is 48.5 Å². The summed E-state index contributed by atoms with van der Waals surface area (Å²) in [5, 5.41) is 6.79. The molecule has 1 amide bonds. The van der Waals surface area contributed by atoms with E-state index in [0.717, 1.165) is 21.7 Å². The van der Waals surface area contributed by atoms with Crippen LogP contribution >= 0.6 is 11.8 Å². The quantitative estimate of drug-likeness (QED) is 0.168. The van der Waals surface area contributed by atoms with Crippen molar-refractivity contribution in [2.75, 3.05) is 21.6 Å². The third-order valence-corrected chi connectivity index (χ3v) is 7.76. The minimum absolute atomic E-state index is 0.232. The number of hydrogen-bond donors (Lipinski definition) is 3. The molecule has 2 aromatic heterocycles. The van der Waals surface area contributed by atoms with Crippen molar-refractivity contribution in [2.24, 2.45) is 0 Å². The molecule has 0 atom stereocenters. The maximum absolute atomic E-state index is 13.7. The molecule has 3 N–H and O–H groups in total. The molecule has 0 fully saturated rings. The second-order valence-corrected chi connectivity index (χ2v) is 12.6. The third-order valence-electron chi connectivity index (χ3n) is 6.07. The van der Waals surface area contributed by atoms with Gasteiger partial charge in [0.05, 0.1) is 17.3 Å². The van der Waals surface area contributed by atoms with E-state index in [0.29, 0.717) is 39.5 Å². The van der Waals surface area contributed by atoms with E-state index in [1.165, 1.54) is 36.3 Å². The Labute approximate surface area is 247 Å². The first-order chi connectivity index (χ1) is 20.0. The van der Waals surface area contributed by atoms with E-state index in [9.17, 15) is 17.6 Å². The number of halogens is 1. The number of pyridine rings is 1. The number of benzene rings is 3. The zero-order valence-electron chi connectivity index (χ0n) is 22.9. The Morgan fingerprint density at radius 3 is 2.43 bits per heavy atom. The minimum atomic E-state index is -3.40. The summed E-state index contributed by atoms with van der Waals surface area (Å²) in [6.45, 7) is 4.12. The standard InChI is InChI=1S/C30H27FN6O3S2/c1-18(2)25-13-12-24-28(35-25)32-17-33-29(24)36-26-15-19(30(38)34-22-6-4-5-20(31)16-22)7-14-27(26)41-23-10-8-21(9-11-23)37-42(3,39)40/h4-18,37H,1-3H3,(H,34,38)(H,32,33,35,36). The molecule has 0 aliphatic rings. The minimum Gasteiger partial charge on any atom is -0.339 e. The van der Waals surface area contributed by atoms with Crippen LogP contribution in [0.1, 0.15) is 35.8 Å². The van der Waals surface area contributed by atoms with Gasteiger partial charge in [0.15, 0.2) is 5.65 Å². The molecule has 0 bridgehead atoms. The lowest BCUT2D eigenvalue weighted by molar-refractivity contribution is 0.102. The molecule has 0 saturated carbocycles. The molecule has 0 aliphatic carbocycles. The maximum Gasteiger partial charge on any atom is 0.255 e. The normalized spacial score (nSPS) is 11.5. The van der Waals surface area contributed by atoms with Crippen molar-refractivity contribution in [3.8, 4) is 0 Å². The largest absolute Gasteiger partial charge is 0.339 e. The van der Waals surface area contributed by atoms with Gasteiger partial charge < -0.3 is 10.6 Å². The molecule has 0 saturated heterocycles. The summed E-state index contributed by atoms with van der Waals surface area (Å²) in [5.41, 5.74) is 3.18. The van der Waals surface area contributed by atoms with Crippen molar-refractivity contribution in [1.29, 1.82) is 0 Å². The highest BCUT2D eigenvalue weighted by atomic mass is 32.2. The molecular weight excluding hydrogens is 576 g/mol. The van der Waals surface area contributed by atoms with Crippen LogP contribution in [-0.4, -0.2) is 35.5 Å². The summed E-state index contributed by atoms with van der Waals surface area (Å²) < 4.78 is 39.3. The molecule has 0 spiro atoms. The number of carbonyl (C=O) groups is 1.